The van der Waals surface area contributed by atoms with Crippen molar-refractivity contribution in [2.24, 2.45) is 5.92 Å². The number of hydrogen-bond donors (Lipinski definition) is 1. The van der Waals surface area contributed by atoms with Gasteiger partial charge in [-0.25, -0.2) is 17.7 Å². The molecule has 0 aliphatic carbocycles. The van der Waals surface area contributed by atoms with Crippen LogP contribution in [0.3, 0.4) is 0 Å². The first-order chi connectivity index (χ1) is 13.5. The predicted molar refractivity (Wildman–Crippen MR) is 107 cm³/mol. The van der Waals surface area contributed by atoms with Crippen LogP contribution in [0.15, 0.2) is 18.3 Å². The lowest BCUT2D eigenvalue weighted by molar-refractivity contribution is -0.126. The van der Waals surface area contributed by atoms with Gasteiger partial charge in [-0.05, 0) is 25.3 Å². The zero-order valence-corrected chi connectivity index (χ0v) is 17.3. The molecule has 1 amide bonds. The van der Waals surface area contributed by atoms with Crippen molar-refractivity contribution in [3.8, 4) is 0 Å². The van der Waals surface area contributed by atoms with Gasteiger partial charge in [-0.3, -0.25) is 4.79 Å². The number of nitrogens with one attached hydrogen (secondary N) is 1. The fourth-order valence-corrected chi connectivity index (χ4v) is 5.34. The van der Waals surface area contributed by atoms with Crippen LogP contribution in [-0.2, 0) is 26.1 Å². The third-order valence-corrected chi connectivity index (χ3v) is 7.28. The Hall–Kier alpha value is -1.71. The number of rotatable bonds is 7. The number of carbonyl (C=O) groups excluding carboxylic acids is 1. The molecule has 8 nitrogen and oxygen atoms in total. The monoisotopic (exact) mass is 410 g/mol. The van der Waals surface area contributed by atoms with Crippen LogP contribution in [0.1, 0.15) is 31.7 Å². The van der Waals surface area contributed by atoms with Crippen LogP contribution >= 0.6 is 0 Å². The molecule has 0 aromatic carbocycles. The van der Waals surface area contributed by atoms with Gasteiger partial charge in [-0.1, -0.05) is 13.0 Å². The van der Waals surface area contributed by atoms with E-state index in [-0.39, 0.29) is 24.1 Å². The molecule has 28 heavy (non-hydrogen) atoms. The van der Waals surface area contributed by atoms with E-state index in [9.17, 15) is 13.2 Å². The fraction of sp³-hybridized carbons (Fsp3) is 0.684. The van der Waals surface area contributed by atoms with Gasteiger partial charge in [-0.2, -0.15) is 0 Å². The number of aromatic nitrogens is 1. The number of nitrogens with zero attached hydrogens (tertiary/aromatic N) is 3. The number of pyridine rings is 1. The summed E-state index contributed by atoms with van der Waals surface area (Å²) in [5.41, 5.74) is 0.962. The molecule has 1 aromatic heterocycles. The van der Waals surface area contributed by atoms with E-state index in [4.69, 9.17) is 4.74 Å². The van der Waals surface area contributed by atoms with Gasteiger partial charge < -0.3 is 15.0 Å². The Labute approximate surface area is 167 Å². The molecule has 0 saturated carbocycles. The molecule has 1 aromatic rings. The molecular formula is C19H30N4O4S. The van der Waals surface area contributed by atoms with Crippen molar-refractivity contribution in [1.82, 2.24) is 14.6 Å². The van der Waals surface area contributed by atoms with Crippen molar-refractivity contribution in [3.05, 3.63) is 23.9 Å². The van der Waals surface area contributed by atoms with Crippen molar-refractivity contribution in [1.29, 1.82) is 0 Å². The molecule has 2 fully saturated rings. The number of ether oxygens (including phenoxy) is 1. The Morgan fingerprint density at radius 3 is 2.86 bits per heavy atom. The highest BCUT2D eigenvalue weighted by Gasteiger charge is 2.31. The first kappa shape index (κ1) is 21.0. The maximum absolute atomic E-state index is 12.7. The Balaban J connectivity index is 1.60. The number of amides is 1. The molecule has 1 N–H and O–H groups in total. The average molecular weight is 411 g/mol. The molecule has 2 aliphatic heterocycles. The quantitative estimate of drug-likeness (QED) is 0.721. The second-order valence-electron chi connectivity index (χ2n) is 7.32. The molecule has 0 radical (unpaired) electrons. The Kier molecular flexibility index (Phi) is 7.25. The summed E-state index contributed by atoms with van der Waals surface area (Å²) < 4.78 is 31.5. The number of anilines is 1. The largest absolute Gasteiger partial charge is 0.378 e. The minimum atomic E-state index is -3.26. The van der Waals surface area contributed by atoms with Crippen LogP contribution in [0.5, 0.6) is 0 Å². The standard InChI is InChI=1S/C19H30N4O4S/c1-2-13-28(25,26)23-8-4-6-17(15-23)19(24)21-14-16-5-3-7-20-18(16)22-9-11-27-12-10-22/h3,5,7,17H,2,4,6,8-15H2,1H3,(H,21,24)/t17-/m0/s1. The van der Waals surface area contributed by atoms with Crippen LogP contribution < -0.4 is 10.2 Å². The second kappa shape index (κ2) is 9.67. The lowest BCUT2D eigenvalue weighted by atomic mass is 9.99. The fourth-order valence-electron chi connectivity index (χ4n) is 3.75. The van der Waals surface area contributed by atoms with Crippen molar-refractivity contribution in [3.63, 3.8) is 0 Å². The summed E-state index contributed by atoms with van der Waals surface area (Å²) in [6.45, 7) is 5.94. The zero-order valence-electron chi connectivity index (χ0n) is 16.5. The maximum atomic E-state index is 12.7. The predicted octanol–water partition coefficient (Wildman–Crippen LogP) is 0.986. The van der Waals surface area contributed by atoms with Crippen LogP contribution in [0.25, 0.3) is 0 Å². The summed E-state index contributed by atoms with van der Waals surface area (Å²) >= 11 is 0. The van der Waals surface area contributed by atoms with Crippen LogP contribution in [0.4, 0.5) is 5.82 Å². The first-order valence-corrected chi connectivity index (χ1v) is 11.6. The Bertz CT molecular complexity index is 765. The Morgan fingerprint density at radius 2 is 2.11 bits per heavy atom. The maximum Gasteiger partial charge on any atom is 0.224 e. The molecule has 3 heterocycles. The van der Waals surface area contributed by atoms with Gasteiger partial charge >= 0.3 is 0 Å². The molecule has 3 rings (SSSR count). The van der Waals surface area contributed by atoms with Crippen molar-refractivity contribution in [2.75, 3.05) is 50.0 Å². The van der Waals surface area contributed by atoms with E-state index in [0.717, 1.165) is 24.5 Å². The van der Waals surface area contributed by atoms with Gasteiger partial charge in [-0.15, -0.1) is 0 Å². The van der Waals surface area contributed by atoms with Gasteiger partial charge in [0.2, 0.25) is 15.9 Å². The first-order valence-electron chi connectivity index (χ1n) is 10.0. The van der Waals surface area contributed by atoms with Crippen LogP contribution in [0.2, 0.25) is 0 Å². The van der Waals surface area contributed by atoms with E-state index in [1.807, 2.05) is 19.1 Å². The van der Waals surface area contributed by atoms with E-state index < -0.39 is 10.0 Å². The van der Waals surface area contributed by atoms with E-state index in [0.29, 0.717) is 45.6 Å². The SMILES string of the molecule is CCCS(=O)(=O)N1CCC[C@H](C(=O)NCc2cccnc2N2CCOCC2)C1. The molecule has 2 saturated heterocycles. The van der Waals surface area contributed by atoms with Gasteiger partial charge in [0.25, 0.3) is 0 Å². The van der Waals surface area contributed by atoms with E-state index in [2.05, 4.69) is 15.2 Å². The van der Waals surface area contributed by atoms with Gasteiger partial charge in [0.05, 0.1) is 24.9 Å². The number of hydrogen-bond acceptors (Lipinski definition) is 6. The molecule has 9 heteroatoms. The van der Waals surface area contributed by atoms with Crippen LogP contribution in [0, 0.1) is 5.92 Å². The zero-order chi connectivity index (χ0) is 20.0. The second-order valence-corrected chi connectivity index (χ2v) is 9.41. The Morgan fingerprint density at radius 1 is 1.32 bits per heavy atom. The summed E-state index contributed by atoms with van der Waals surface area (Å²) in [4.78, 5) is 19.4. The molecular weight excluding hydrogens is 380 g/mol. The topological polar surface area (TPSA) is 91.8 Å². The highest BCUT2D eigenvalue weighted by Crippen LogP contribution is 2.21. The summed E-state index contributed by atoms with van der Waals surface area (Å²) in [6, 6.07) is 3.84. The average Bonchev–Trinajstić information content (AvgIpc) is 2.73. The lowest BCUT2D eigenvalue weighted by Crippen LogP contribution is -2.46. The number of sulfonamides is 1. The highest BCUT2D eigenvalue weighted by atomic mass is 32.2. The molecule has 0 spiro atoms. The molecule has 0 bridgehead atoms. The summed E-state index contributed by atoms with van der Waals surface area (Å²) in [7, 11) is -3.26. The summed E-state index contributed by atoms with van der Waals surface area (Å²) in [5.74, 6) is 0.624. The third-order valence-electron chi connectivity index (χ3n) is 5.24. The lowest BCUT2D eigenvalue weighted by Gasteiger charge is -2.31. The van der Waals surface area contributed by atoms with E-state index in [1.54, 1.807) is 6.20 Å². The van der Waals surface area contributed by atoms with E-state index >= 15 is 0 Å². The van der Waals surface area contributed by atoms with Crippen molar-refractivity contribution in [2.45, 2.75) is 32.7 Å². The third kappa shape index (κ3) is 5.21. The number of morpholine rings is 1. The molecule has 1 atom stereocenters. The minimum absolute atomic E-state index is 0.0896. The van der Waals surface area contributed by atoms with Gasteiger partial charge in [0.15, 0.2) is 0 Å². The van der Waals surface area contributed by atoms with Gasteiger partial charge in [0.1, 0.15) is 5.82 Å². The smallest absolute Gasteiger partial charge is 0.224 e. The summed E-state index contributed by atoms with van der Waals surface area (Å²) in [6.07, 6.45) is 3.77. The number of piperidine rings is 1. The molecule has 156 valence electrons. The molecule has 0 unspecified atom stereocenters. The normalized spacial score (nSPS) is 21.5. The van der Waals surface area contributed by atoms with Crippen molar-refractivity contribution >= 4 is 21.7 Å². The van der Waals surface area contributed by atoms with Crippen LogP contribution in [-0.4, -0.2) is 68.8 Å². The van der Waals surface area contributed by atoms with E-state index in [1.165, 1.54) is 4.31 Å². The molecule has 2 aliphatic rings. The minimum Gasteiger partial charge on any atom is -0.378 e. The van der Waals surface area contributed by atoms with Crippen molar-refractivity contribution < 1.29 is 17.9 Å². The van der Waals surface area contributed by atoms with Gasteiger partial charge in [0, 0.05) is 44.5 Å². The summed E-state index contributed by atoms with van der Waals surface area (Å²) in [5, 5.41) is 2.99. The number of carbonyl (C=O) groups is 1. The highest BCUT2D eigenvalue weighted by molar-refractivity contribution is 7.89.